The molecule has 3 atom stereocenters. The van der Waals surface area contributed by atoms with Gasteiger partial charge in [0, 0.05) is 0 Å². The zero-order valence-corrected chi connectivity index (χ0v) is 11.9. The summed E-state index contributed by atoms with van der Waals surface area (Å²) in [5.41, 5.74) is 1.57. The zero-order chi connectivity index (χ0) is 13.8. The van der Waals surface area contributed by atoms with E-state index < -0.39 is 5.97 Å². The SMILES string of the molecule is Cc1cccc(C(=O)OOC2CC(C)CCC2C)c1. The van der Waals surface area contributed by atoms with Crippen LogP contribution in [0.25, 0.3) is 0 Å². The molecule has 1 fully saturated rings. The molecule has 1 saturated carbocycles. The van der Waals surface area contributed by atoms with Crippen molar-refractivity contribution in [1.29, 1.82) is 0 Å². The van der Waals surface area contributed by atoms with Crippen molar-refractivity contribution in [3.05, 3.63) is 35.4 Å². The van der Waals surface area contributed by atoms with Crippen molar-refractivity contribution in [2.45, 2.75) is 46.1 Å². The van der Waals surface area contributed by atoms with Gasteiger partial charge in [0.1, 0.15) is 6.10 Å². The van der Waals surface area contributed by atoms with Crippen molar-refractivity contribution in [2.75, 3.05) is 0 Å². The number of hydrogen-bond donors (Lipinski definition) is 0. The Kier molecular flexibility index (Phi) is 4.59. The van der Waals surface area contributed by atoms with Gasteiger partial charge in [-0.1, -0.05) is 38.0 Å². The number of benzene rings is 1. The van der Waals surface area contributed by atoms with Crippen LogP contribution in [0.4, 0.5) is 0 Å². The van der Waals surface area contributed by atoms with Crippen molar-refractivity contribution in [3.63, 3.8) is 0 Å². The van der Waals surface area contributed by atoms with Crippen LogP contribution in [0, 0.1) is 18.8 Å². The molecule has 0 spiro atoms. The fourth-order valence-electron chi connectivity index (χ4n) is 2.54. The van der Waals surface area contributed by atoms with E-state index in [-0.39, 0.29) is 6.10 Å². The Morgan fingerprint density at radius 2 is 2.05 bits per heavy atom. The molecule has 0 aliphatic heterocycles. The third-order valence-corrected chi connectivity index (χ3v) is 3.89. The molecule has 3 heteroatoms. The minimum absolute atomic E-state index is 0.0255. The molecule has 3 nitrogen and oxygen atoms in total. The molecule has 0 amide bonds. The van der Waals surface area contributed by atoms with Crippen molar-refractivity contribution in [1.82, 2.24) is 0 Å². The molecule has 3 unspecified atom stereocenters. The zero-order valence-electron chi connectivity index (χ0n) is 11.9. The predicted octanol–water partition coefficient (Wildman–Crippen LogP) is 3.91. The second-order valence-corrected chi connectivity index (χ2v) is 5.77. The highest BCUT2D eigenvalue weighted by atomic mass is 17.2. The van der Waals surface area contributed by atoms with Gasteiger partial charge in [0.25, 0.3) is 0 Å². The van der Waals surface area contributed by atoms with Crippen LogP contribution in [0.2, 0.25) is 0 Å². The summed E-state index contributed by atoms with van der Waals surface area (Å²) in [6.45, 7) is 6.31. The topological polar surface area (TPSA) is 35.5 Å². The molecule has 0 aromatic heterocycles. The van der Waals surface area contributed by atoms with Gasteiger partial charge in [-0.2, -0.15) is 4.89 Å². The highest BCUT2D eigenvalue weighted by molar-refractivity contribution is 5.89. The Morgan fingerprint density at radius 1 is 1.26 bits per heavy atom. The molecule has 1 aromatic rings. The first-order chi connectivity index (χ1) is 9.06. The second-order valence-electron chi connectivity index (χ2n) is 5.77. The van der Waals surface area contributed by atoms with E-state index >= 15 is 0 Å². The molecule has 19 heavy (non-hydrogen) atoms. The third kappa shape index (κ3) is 3.80. The predicted molar refractivity (Wildman–Crippen MR) is 73.6 cm³/mol. The van der Waals surface area contributed by atoms with Crippen molar-refractivity contribution < 1.29 is 14.6 Å². The van der Waals surface area contributed by atoms with Crippen LogP contribution in [0.15, 0.2) is 24.3 Å². The summed E-state index contributed by atoms with van der Waals surface area (Å²) >= 11 is 0. The van der Waals surface area contributed by atoms with Crippen molar-refractivity contribution in [3.8, 4) is 0 Å². The lowest BCUT2D eigenvalue weighted by molar-refractivity contribution is -0.291. The van der Waals surface area contributed by atoms with E-state index in [0.29, 0.717) is 17.4 Å². The van der Waals surface area contributed by atoms with E-state index in [1.165, 1.54) is 6.42 Å². The Labute approximate surface area is 114 Å². The van der Waals surface area contributed by atoms with Gasteiger partial charge in [0.05, 0.1) is 5.56 Å². The van der Waals surface area contributed by atoms with E-state index in [9.17, 15) is 4.79 Å². The molecule has 0 radical (unpaired) electrons. The second kappa shape index (κ2) is 6.20. The third-order valence-electron chi connectivity index (χ3n) is 3.89. The number of carbonyl (C=O) groups excluding carboxylic acids is 1. The molecule has 2 rings (SSSR count). The van der Waals surface area contributed by atoms with Crippen LogP contribution in [0.3, 0.4) is 0 Å². The quantitative estimate of drug-likeness (QED) is 0.612. The van der Waals surface area contributed by atoms with Crippen LogP contribution in [-0.4, -0.2) is 12.1 Å². The average Bonchev–Trinajstić information content (AvgIpc) is 2.39. The van der Waals surface area contributed by atoms with Gasteiger partial charge in [-0.25, -0.2) is 4.79 Å². The molecule has 0 N–H and O–H groups in total. The van der Waals surface area contributed by atoms with Gasteiger partial charge in [-0.15, -0.1) is 0 Å². The molecule has 104 valence electrons. The molecule has 1 aromatic carbocycles. The largest absolute Gasteiger partial charge is 0.373 e. The summed E-state index contributed by atoms with van der Waals surface area (Å²) in [5, 5.41) is 0. The molecule has 0 heterocycles. The van der Waals surface area contributed by atoms with Crippen molar-refractivity contribution in [2.24, 2.45) is 11.8 Å². The maximum atomic E-state index is 11.9. The highest BCUT2D eigenvalue weighted by Crippen LogP contribution is 2.30. The maximum absolute atomic E-state index is 11.9. The first-order valence-corrected chi connectivity index (χ1v) is 7.00. The molecule has 1 aliphatic carbocycles. The molecule has 1 aliphatic rings. The molecular weight excluding hydrogens is 240 g/mol. The minimum atomic E-state index is -0.408. The maximum Gasteiger partial charge on any atom is 0.373 e. The highest BCUT2D eigenvalue weighted by Gasteiger charge is 2.28. The van der Waals surface area contributed by atoms with E-state index in [4.69, 9.17) is 9.78 Å². The van der Waals surface area contributed by atoms with E-state index in [2.05, 4.69) is 13.8 Å². The van der Waals surface area contributed by atoms with E-state index in [1.54, 1.807) is 12.1 Å². The Hall–Kier alpha value is -1.35. The van der Waals surface area contributed by atoms with Gasteiger partial charge >= 0.3 is 5.97 Å². The van der Waals surface area contributed by atoms with Crippen LogP contribution >= 0.6 is 0 Å². The molecule has 0 saturated heterocycles. The van der Waals surface area contributed by atoms with Crippen LogP contribution in [-0.2, 0) is 9.78 Å². The summed E-state index contributed by atoms with van der Waals surface area (Å²) in [4.78, 5) is 22.3. The minimum Gasteiger partial charge on any atom is -0.293 e. The fourth-order valence-corrected chi connectivity index (χ4v) is 2.54. The van der Waals surface area contributed by atoms with Gasteiger partial charge in [0.2, 0.25) is 0 Å². The summed E-state index contributed by atoms with van der Waals surface area (Å²) < 4.78 is 0. The van der Waals surface area contributed by atoms with Crippen molar-refractivity contribution >= 4 is 5.97 Å². The smallest absolute Gasteiger partial charge is 0.293 e. The summed E-state index contributed by atoms with van der Waals surface area (Å²) in [6, 6.07) is 7.34. The number of hydrogen-bond acceptors (Lipinski definition) is 3. The fraction of sp³-hybridized carbons (Fsp3) is 0.562. The first-order valence-electron chi connectivity index (χ1n) is 7.00. The van der Waals surface area contributed by atoms with E-state index in [0.717, 1.165) is 18.4 Å². The number of carbonyl (C=O) groups is 1. The Morgan fingerprint density at radius 3 is 2.79 bits per heavy atom. The van der Waals surface area contributed by atoms with Gasteiger partial charge in [0.15, 0.2) is 0 Å². The normalized spacial score (nSPS) is 27.0. The van der Waals surface area contributed by atoms with Crippen LogP contribution in [0.5, 0.6) is 0 Å². The number of rotatable bonds is 3. The Bertz CT molecular complexity index is 441. The summed E-state index contributed by atoms with van der Waals surface area (Å²) in [6.07, 6.45) is 3.35. The average molecular weight is 262 g/mol. The molecular formula is C16H22O3. The first kappa shape index (κ1) is 14.1. The van der Waals surface area contributed by atoms with Crippen LogP contribution in [0.1, 0.15) is 49.0 Å². The van der Waals surface area contributed by atoms with Gasteiger partial charge < -0.3 is 0 Å². The Balaban J connectivity index is 1.89. The van der Waals surface area contributed by atoms with Gasteiger partial charge in [-0.05, 0) is 43.7 Å². The monoisotopic (exact) mass is 262 g/mol. The van der Waals surface area contributed by atoms with Crippen LogP contribution < -0.4 is 0 Å². The lowest BCUT2D eigenvalue weighted by atomic mass is 9.82. The molecule has 0 bridgehead atoms. The van der Waals surface area contributed by atoms with E-state index in [1.807, 2.05) is 19.1 Å². The summed E-state index contributed by atoms with van der Waals surface area (Å²) in [5.74, 6) is 0.675. The standard InChI is InChI=1S/C16H22O3/c1-11-5-4-6-14(9-11)16(17)19-18-15-10-12(2)7-8-13(15)3/h4-6,9,12-13,15H,7-8,10H2,1-3H3. The van der Waals surface area contributed by atoms with Gasteiger partial charge in [-0.3, -0.25) is 4.89 Å². The number of aryl methyl sites for hydroxylation is 1. The lowest BCUT2D eigenvalue weighted by Gasteiger charge is -2.30. The lowest BCUT2D eigenvalue weighted by Crippen LogP contribution is -2.30. The summed E-state index contributed by atoms with van der Waals surface area (Å²) in [7, 11) is 0.